The molecular weight excluding hydrogens is 223 g/mol. The molecule has 1 unspecified atom stereocenters. The van der Waals surface area contributed by atoms with Gasteiger partial charge >= 0.3 is 5.97 Å². The van der Waals surface area contributed by atoms with E-state index in [1.165, 1.54) is 6.92 Å². The number of benzene rings is 1. The van der Waals surface area contributed by atoms with Gasteiger partial charge in [0.2, 0.25) is 0 Å². The van der Waals surface area contributed by atoms with Crippen molar-refractivity contribution in [2.75, 3.05) is 13.8 Å². The number of ether oxygens (including phenoxy) is 1. The van der Waals surface area contributed by atoms with E-state index >= 15 is 0 Å². The summed E-state index contributed by atoms with van der Waals surface area (Å²) in [5, 5.41) is 8.93. The highest BCUT2D eigenvalue weighted by atomic mass is 19.1. The van der Waals surface area contributed by atoms with Gasteiger partial charge in [0.05, 0.1) is 12.5 Å². The van der Waals surface area contributed by atoms with Gasteiger partial charge in [0, 0.05) is 0 Å². The Balaban J connectivity index is 2.63. The summed E-state index contributed by atoms with van der Waals surface area (Å²) in [4.78, 5) is 10.9. The lowest BCUT2D eigenvalue weighted by molar-refractivity contribution is -0.149. The van der Waals surface area contributed by atoms with Crippen molar-refractivity contribution in [3.63, 3.8) is 0 Å². The molecule has 0 spiro atoms. The van der Waals surface area contributed by atoms with E-state index in [0.717, 1.165) is 11.3 Å². The molecule has 1 aromatic carbocycles. The number of aryl methyl sites for hydroxylation is 1. The van der Waals surface area contributed by atoms with Gasteiger partial charge in [-0.2, -0.15) is 0 Å². The van der Waals surface area contributed by atoms with E-state index in [1.807, 2.05) is 24.3 Å². The first kappa shape index (κ1) is 13.5. The van der Waals surface area contributed by atoms with Gasteiger partial charge in [0.25, 0.3) is 0 Å². The molecule has 0 heterocycles. The number of hydrogen-bond donors (Lipinski definition) is 1. The second-order valence-electron chi connectivity index (χ2n) is 4.35. The third-order valence-corrected chi connectivity index (χ3v) is 2.94. The number of halogens is 1. The quantitative estimate of drug-likeness (QED) is 0.831. The van der Waals surface area contributed by atoms with Crippen molar-refractivity contribution < 1.29 is 19.0 Å². The fourth-order valence-electron chi connectivity index (χ4n) is 1.44. The van der Waals surface area contributed by atoms with Gasteiger partial charge in [-0.25, -0.2) is 4.39 Å². The molecule has 0 aliphatic carbocycles. The maximum absolute atomic E-state index is 12.7. The highest BCUT2D eigenvalue weighted by molar-refractivity contribution is 5.74. The lowest BCUT2D eigenvalue weighted by Gasteiger charge is -2.20. The Hall–Kier alpha value is -1.58. The van der Waals surface area contributed by atoms with Gasteiger partial charge in [0.1, 0.15) is 12.4 Å². The highest BCUT2D eigenvalue weighted by Gasteiger charge is 2.32. The monoisotopic (exact) mass is 240 g/mol. The van der Waals surface area contributed by atoms with Gasteiger partial charge in [0.15, 0.2) is 0 Å². The van der Waals surface area contributed by atoms with Crippen molar-refractivity contribution >= 4 is 5.97 Å². The van der Waals surface area contributed by atoms with Crippen molar-refractivity contribution in [1.82, 2.24) is 0 Å². The number of rotatable bonds is 6. The molecule has 17 heavy (non-hydrogen) atoms. The van der Waals surface area contributed by atoms with E-state index < -0.39 is 18.1 Å². The SMILES string of the molecule is COc1ccc(CCC(C)(CF)C(=O)O)cc1. The maximum atomic E-state index is 12.7. The normalized spacial score (nSPS) is 14.1. The number of carboxylic acid groups (broad SMARTS) is 1. The Morgan fingerprint density at radius 3 is 2.41 bits per heavy atom. The van der Waals surface area contributed by atoms with Crippen LogP contribution < -0.4 is 4.74 Å². The molecule has 0 aromatic heterocycles. The van der Waals surface area contributed by atoms with Gasteiger partial charge in [-0.15, -0.1) is 0 Å². The average Bonchev–Trinajstić information content (AvgIpc) is 2.36. The Kier molecular flexibility index (Phi) is 4.49. The van der Waals surface area contributed by atoms with Crippen LogP contribution in [0.2, 0.25) is 0 Å². The molecule has 1 rings (SSSR count). The van der Waals surface area contributed by atoms with Crippen molar-refractivity contribution in [3.8, 4) is 5.75 Å². The predicted molar refractivity (Wildman–Crippen MR) is 63.0 cm³/mol. The van der Waals surface area contributed by atoms with E-state index in [1.54, 1.807) is 7.11 Å². The minimum absolute atomic E-state index is 0.283. The van der Waals surface area contributed by atoms with E-state index in [9.17, 15) is 9.18 Å². The standard InChI is InChI=1S/C13H17FO3/c1-13(9-14,12(15)16)8-7-10-3-5-11(17-2)6-4-10/h3-6H,7-9H2,1-2H3,(H,15,16). The molecule has 0 saturated carbocycles. The smallest absolute Gasteiger partial charge is 0.312 e. The molecule has 0 bridgehead atoms. The Morgan fingerprint density at radius 2 is 2.00 bits per heavy atom. The van der Waals surface area contributed by atoms with Crippen LogP contribution >= 0.6 is 0 Å². The molecule has 0 amide bonds. The first-order valence-corrected chi connectivity index (χ1v) is 5.44. The molecule has 0 radical (unpaired) electrons. The third-order valence-electron chi connectivity index (χ3n) is 2.94. The van der Waals surface area contributed by atoms with Gasteiger partial charge in [-0.3, -0.25) is 4.79 Å². The van der Waals surface area contributed by atoms with E-state index in [-0.39, 0.29) is 6.42 Å². The van der Waals surface area contributed by atoms with Crippen molar-refractivity contribution in [3.05, 3.63) is 29.8 Å². The van der Waals surface area contributed by atoms with Crippen LogP contribution in [0.15, 0.2) is 24.3 Å². The number of aliphatic carboxylic acids is 1. The summed E-state index contributed by atoms with van der Waals surface area (Å²) < 4.78 is 17.7. The Morgan fingerprint density at radius 1 is 1.41 bits per heavy atom. The van der Waals surface area contributed by atoms with Crippen molar-refractivity contribution in [1.29, 1.82) is 0 Å². The molecule has 0 aliphatic rings. The first-order valence-electron chi connectivity index (χ1n) is 5.44. The predicted octanol–water partition coefficient (Wildman–Crippen LogP) is 2.69. The molecule has 1 aromatic rings. The molecule has 4 heteroatoms. The lowest BCUT2D eigenvalue weighted by atomic mass is 9.85. The van der Waals surface area contributed by atoms with Crippen LogP contribution in [0, 0.1) is 5.41 Å². The topological polar surface area (TPSA) is 46.5 Å². The highest BCUT2D eigenvalue weighted by Crippen LogP contribution is 2.25. The minimum atomic E-state index is -1.29. The van der Waals surface area contributed by atoms with Crippen LogP contribution in [-0.4, -0.2) is 24.9 Å². The van der Waals surface area contributed by atoms with E-state index in [4.69, 9.17) is 9.84 Å². The zero-order valence-corrected chi connectivity index (χ0v) is 10.1. The van der Waals surface area contributed by atoms with Crippen LogP contribution in [-0.2, 0) is 11.2 Å². The number of alkyl halides is 1. The zero-order valence-electron chi connectivity index (χ0n) is 10.1. The summed E-state index contributed by atoms with van der Waals surface area (Å²) in [5.41, 5.74) is -0.313. The molecule has 1 atom stereocenters. The van der Waals surface area contributed by atoms with Crippen LogP contribution in [0.25, 0.3) is 0 Å². The summed E-state index contributed by atoms with van der Waals surface area (Å²) in [6.45, 7) is 0.581. The van der Waals surface area contributed by atoms with E-state index in [2.05, 4.69) is 0 Å². The minimum Gasteiger partial charge on any atom is -0.497 e. The summed E-state index contributed by atoms with van der Waals surface area (Å²) in [5.74, 6) is -0.339. The fraction of sp³-hybridized carbons (Fsp3) is 0.462. The van der Waals surface area contributed by atoms with Gasteiger partial charge in [-0.05, 0) is 37.5 Å². The molecule has 3 nitrogen and oxygen atoms in total. The second kappa shape index (κ2) is 5.66. The number of methoxy groups -OCH3 is 1. The van der Waals surface area contributed by atoms with Gasteiger partial charge in [-0.1, -0.05) is 12.1 Å². The van der Waals surface area contributed by atoms with Crippen LogP contribution in [0.4, 0.5) is 4.39 Å². The van der Waals surface area contributed by atoms with Crippen LogP contribution in [0.5, 0.6) is 5.75 Å². The number of carbonyl (C=O) groups is 1. The molecule has 94 valence electrons. The van der Waals surface area contributed by atoms with E-state index in [0.29, 0.717) is 6.42 Å². The Bertz CT molecular complexity index is 375. The first-order chi connectivity index (χ1) is 8.01. The molecular formula is C13H17FO3. The molecule has 0 fully saturated rings. The number of hydrogen-bond acceptors (Lipinski definition) is 2. The van der Waals surface area contributed by atoms with Crippen LogP contribution in [0.3, 0.4) is 0 Å². The van der Waals surface area contributed by atoms with Crippen LogP contribution in [0.1, 0.15) is 18.9 Å². The summed E-state index contributed by atoms with van der Waals surface area (Å²) in [6.07, 6.45) is 0.821. The summed E-state index contributed by atoms with van der Waals surface area (Å²) in [6, 6.07) is 7.34. The maximum Gasteiger partial charge on any atom is 0.312 e. The lowest BCUT2D eigenvalue weighted by Crippen LogP contribution is -2.30. The fourth-order valence-corrected chi connectivity index (χ4v) is 1.44. The molecule has 0 saturated heterocycles. The largest absolute Gasteiger partial charge is 0.497 e. The third kappa shape index (κ3) is 3.44. The summed E-state index contributed by atoms with van der Waals surface area (Å²) >= 11 is 0. The molecule has 0 aliphatic heterocycles. The Labute approximate surface area is 100 Å². The number of carboxylic acids is 1. The van der Waals surface area contributed by atoms with Crippen molar-refractivity contribution in [2.24, 2.45) is 5.41 Å². The van der Waals surface area contributed by atoms with Crippen molar-refractivity contribution in [2.45, 2.75) is 19.8 Å². The van der Waals surface area contributed by atoms with Gasteiger partial charge < -0.3 is 9.84 Å². The summed E-state index contributed by atoms with van der Waals surface area (Å²) in [7, 11) is 1.58. The molecule has 1 N–H and O–H groups in total. The average molecular weight is 240 g/mol. The second-order valence-corrected chi connectivity index (χ2v) is 4.35. The zero-order chi connectivity index (χ0) is 12.9.